The summed E-state index contributed by atoms with van der Waals surface area (Å²) in [5.41, 5.74) is 2.42. The molecule has 26 heavy (non-hydrogen) atoms. The van der Waals surface area contributed by atoms with Crippen LogP contribution in [0, 0.1) is 0 Å². The van der Waals surface area contributed by atoms with Gasteiger partial charge in [0.05, 0.1) is 5.52 Å². The second-order valence-electron chi connectivity index (χ2n) is 5.06. The summed E-state index contributed by atoms with van der Waals surface area (Å²) in [5.74, 6) is 0.688. The Balaban J connectivity index is 0.000000615. The van der Waals surface area contributed by atoms with E-state index >= 15 is 0 Å². The second kappa shape index (κ2) is 11.8. The number of carbonyl (C=O) groups excluding carboxylic acids is 1. The molecule has 1 heterocycles. The molecule has 0 atom stereocenters. The lowest BCUT2D eigenvalue weighted by molar-refractivity contribution is -0.105. The Labute approximate surface area is 162 Å². The first kappa shape index (κ1) is 21.3. The van der Waals surface area contributed by atoms with E-state index in [4.69, 9.17) is 0 Å². The lowest BCUT2D eigenvalue weighted by Gasteiger charge is -2.09. The van der Waals surface area contributed by atoms with Crippen molar-refractivity contribution < 1.29 is 4.79 Å². The van der Waals surface area contributed by atoms with Gasteiger partial charge in [0.1, 0.15) is 12.1 Å². The number of rotatable bonds is 4. The van der Waals surface area contributed by atoms with Crippen molar-refractivity contribution in [1.29, 1.82) is 0 Å². The third kappa shape index (κ3) is 6.29. The first-order valence-corrected chi connectivity index (χ1v) is 8.94. The summed E-state index contributed by atoms with van der Waals surface area (Å²) in [5, 5.41) is 6.73. The van der Waals surface area contributed by atoms with E-state index < -0.39 is 0 Å². The Morgan fingerprint density at radius 3 is 2.46 bits per heavy atom. The van der Waals surface area contributed by atoms with Crippen LogP contribution in [0.5, 0.6) is 0 Å². The Morgan fingerprint density at radius 2 is 1.81 bits per heavy atom. The number of amides is 1. The minimum absolute atomic E-state index is 0.645. The van der Waals surface area contributed by atoms with Crippen molar-refractivity contribution >= 4 is 50.4 Å². The van der Waals surface area contributed by atoms with Crippen LogP contribution >= 0.6 is 15.9 Å². The Bertz CT molecular complexity index is 839. The zero-order valence-electron chi connectivity index (χ0n) is 15.0. The zero-order chi connectivity index (χ0) is 19.4. The number of fused-ring (bicyclic) bond motifs is 1. The predicted octanol–water partition coefficient (Wildman–Crippen LogP) is 5.92. The molecule has 0 spiro atoms. The molecule has 136 valence electrons. The quantitative estimate of drug-likeness (QED) is 0.410. The summed E-state index contributed by atoms with van der Waals surface area (Å²) in [6.45, 7) is 10.2. The summed E-state index contributed by atoms with van der Waals surface area (Å²) in [6.07, 6.45) is 3.40. The molecule has 0 saturated carbocycles. The van der Waals surface area contributed by atoms with Gasteiger partial charge in [-0.3, -0.25) is 4.79 Å². The normalized spacial score (nSPS) is 9.19. The molecule has 0 radical (unpaired) electrons. The highest BCUT2D eigenvalue weighted by molar-refractivity contribution is 9.10. The number of hydrogen-bond donors (Lipinski definition) is 2. The third-order valence-electron chi connectivity index (χ3n) is 2.95. The SMILES string of the molecule is C=C.CCC.O=CNc1ccc2ncnc(Nc3cccc(Br)c3)c2c1. The van der Waals surface area contributed by atoms with Gasteiger partial charge in [-0.15, -0.1) is 13.2 Å². The van der Waals surface area contributed by atoms with E-state index in [1.54, 1.807) is 6.07 Å². The van der Waals surface area contributed by atoms with Gasteiger partial charge in [0, 0.05) is 21.2 Å². The van der Waals surface area contributed by atoms with E-state index in [0.29, 0.717) is 17.9 Å². The van der Waals surface area contributed by atoms with E-state index in [9.17, 15) is 4.79 Å². The molecular formula is C20H23BrN4O. The van der Waals surface area contributed by atoms with Crippen LogP contribution in [-0.4, -0.2) is 16.4 Å². The molecule has 1 aromatic heterocycles. The van der Waals surface area contributed by atoms with Crippen molar-refractivity contribution in [3.63, 3.8) is 0 Å². The van der Waals surface area contributed by atoms with Crippen LogP contribution in [-0.2, 0) is 4.79 Å². The maximum Gasteiger partial charge on any atom is 0.211 e. The lowest BCUT2D eigenvalue weighted by atomic mass is 10.2. The van der Waals surface area contributed by atoms with Gasteiger partial charge in [-0.25, -0.2) is 9.97 Å². The highest BCUT2D eigenvalue weighted by atomic mass is 79.9. The first-order valence-electron chi connectivity index (χ1n) is 8.15. The van der Waals surface area contributed by atoms with Gasteiger partial charge in [-0.1, -0.05) is 42.3 Å². The van der Waals surface area contributed by atoms with Crippen molar-refractivity contribution in [2.75, 3.05) is 10.6 Å². The number of carbonyl (C=O) groups is 1. The van der Waals surface area contributed by atoms with Crippen LogP contribution in [0.25, 0.3) is 10.9 Å². The van der Waals surface area contributed by atoms with E-state index in [1.807, 2.05) is 36.4 Å². The number of hydrogen-bond acceptors (Lipinski definition) is 4. The fraction of sp³-hybridized carbons (Fsp3) is 0.150. The molecule has 5 nitrogen and oxygen atoms in total. The number of benzene rings is 2. The van der Waals surface area contributed by atoms with Crippen molar-refractivity contribution in [1.82, 2.24) is 9.97 Å². The highest BCUT2D eigenvalue weighted by Gasteiger charge is 2.05. The monoisotopic (exact) mass is 414 g/mol. The van der Waals surface area contributed by atoms with Gasteiger partial charge in [-0.05, 0) is 36.4 Å². The van der Waals surface area contributed by atoms with Crippen LogP contribution in [0.4, 0.5) is 17.2 Å². The summed E-state index contributed by atoms with van der Waals surface area (Å²) in [7, 11) is 0. The van der Waals surface area contributed by atoms with Gasteiger partial charge < -0.3 is 10.6 Å². The number of halogens is 1. The highest BCUT2D eigenvalue weighted by Crippen LogP contribution is 2.26. The smallest absolute Gasteiger partial charge is 0.211 e. The molecule has 0 aliphatic heterocycles. The average molecular weight is 415 g/mol. The minimum atomic E-state index is 0.645. The van der Waals surface area contributed by atoms with Crippen molar-refractivity contribution in [3.8, 4) is 0 Å². The first-order chi connectivity index (χ1) is 12.7. The van der Waals surface area contributed by atoms with Crippen LogP contribution < -0.4 is 10.6 Å². The molecule has 0 aliphatic rings. The molecule has 3 aromatic rings. The van der Waals surface area contributed by atoms with Gasteiger partial charge in [-0.2, -0.15) is 0 Å². The summed E-state index contributed by atoms with van der Waals surface area (Å²) >= 11 is 3.44. The Morgan fingerprint density at radius 1 is 1.08 bits per heavy atom. The summed E-state index contributed by atoms with van der Waals surface area (Å²) < 4.78 is 0.981. The molecular weight excluding hydrogens is 392 g/mol. The number of nitrogens with one attached hydrogen (secondary N) is 2. The van der Waals surface area contributed by atoms with Crippen LogP contribution in [0.1, 0.15) is 20.3 Å². The number of anilines is 3. The topological polar surface area (TPSA) is 66.9 Å². The molecule has 1 amide bonds. The number of aromatic nitrogens is 2. The lowest BCUT2D eigenvalue weighted by Crippen LogP contribution is -1.98. The van der Waals surface area contributed by atoms with Gasteiger partial charge in [0.2, 0.25) is 6.41 Å². The maximum atomic E-state index is 10.6. The molecule has 0 bridgehead atoms. The van der Waals surface area contributed by atoms with Gasteiger partial charge in [0.15, 0.2) is 0 Å². The second-order valence-corrected chi connectivity index (χ2v) is 5.97. The predicted molar refractivity (Wildman–Crippen MR) is 114 cm³/mol. The van der Waals surface area contributed by atoms with Crippen LogP contribution in [0.15, 0.2) is 66.4 Å². The third-order valence-corrected chi connectivity index (χ3v) is 3.44. The molecule has 2 aromatic carbocycles. The van der Waals surface area contributed by atoms with E-state index in [1.165, 1.54) is 12.7 Å². The van der Waals surface area contributed by atoms with E-state index in [0.717, 1.165) is 21.1 Å². The zero-order valence-corrected chi connectivity index (χ0v) is 16.6. The van der Waals surface area contributed by atoms with Crippen molar-refractivity contribution in [2.45, 2.75) is 20.3 Å². The van der Waals surface area contributed by atoms with E-state index in [-0.39, 0.29) is 0 Å². The van der Waals surface area contributed by atoms with Crippen LogP contribution in [0.2, 0.25) is 0 Å². The molecule has 2 N–H and O–H groups in total. The summed E-state index contributed by atoms with van der Waals surface area (Å²) in [4.78, 5) is 19.1. The summed E-state index contributed by atoms with van der Waals surface area (Å²) in [6, 6.07) is 13.3. The molecule has 6 heteroatoms. The molecule has 0 unspecified atom stereocenters. The maximum absolute atomic E-state index is 10.6. The Hall–Kier alpha value is -2.73. The average Bonchev–Trinajstić information content (AvgIpc) is 2.65. The van der Waals surface area contributed by atoms with Crippen molar-refractivity contribution in [3.05, 3.63) is 66.4 Å². The molecule has 0 aliphatic carbocycles. The largest absolute Gasteiger partial charge is 0.340 e. The number of nitrogens with zero attached hydrogens (tertiary/aromatic N) is 2. The van der Waals surface area contributed by atoms with Crippen molar-refractivity contribution in [2.24, 2.45) is 0 Å². The van der Waals surface area contributed by atoms with Gasteiger partial charge in [0.25, 0.3) is 0 Å². The minimum Gasteiger partial charge on any atom is -0.340 e. The van der Waals surface area contributed by atoms with Crippen LogP contribution in [0.3, 0.4) is 0 Å². The fourth-order valence-electron chi connectivity index (χ4n) is 2.02. The van der Waals surface area contributed by atoms with Gasteiger partial charge >= 0.3 is 0 Å². The molecule has 0 fully saturated rings. The standard InChI is InChI=1S/C15H11BrN4O.C3H8.C2H4/c16-10-2-1-3-12(6-10)20-15-13-7-11(19-9-21)4-5-14(13)17-8-18-15;1-3-2;1-2/h1-9H,(H,19,21)(H,17,18,20);3H2,1-2H3;1-2H2. The molecule has 3 rings (SSSR count). The fourth-order valence-corrected chi connectivity index (χ4v) is 2.42. The Kier molecular flexibility index (Phi) is 9.64. The molecule has 0 saturated heterocycles. The van der Waals surface area contributed by atoms with E-state index in [2.05, 4.69) is 63.5 Å².